The third kappa shape index (κ3) is 6.21. The van der Waals surface area contributed by atoms with Crippen LogP contribution < -0.4 is 5.32 Å². The second-order valence-electron chi connectivity index (χ2n) is 20.9. The van der Waals surface area contributed by atoms with E-state index in [9.17, 15) is 23.1 Å². The average Bonchev–Trinajstić information content (AvgIpc) is 3.63. The maximum atomic E-state index is 13.7. The number of carboxylic acids is 1. The Kier molecular flexibility index (Phi) is 10.6. The highest BCUT2D eigenvalue weighted by Crippen LogP contribution is 2.75. The summed E-state index contributed by atoms with van der Waals surface area (Å²) in [6.45, 7) is 24.2. The van der Waals surface area contributed by atoms with Crippen molar-refractivity contribution in [3.63, 3.8) is 0 Å². The lowest BCUT2D eigenvalue weighted by molar-refractivity contribution is -0.253. The van der Waals surface area contributed by atoms with Crippen molar-refractivity contribution in [1.29, 1.82) is 0 Å². The molecule has 0 amide bonds. The first kappa shape index (κ1) is 42.4. The molecule has 2 heterocycles. The van der Waals surface area contributed by atoms with E-state index in [1.807, 2.05) is 17.8 Å². The van der Waals surface area contributed by atoms with Gasteiger partial charge in [-0.1, -0.05) is 86.1 Å². The molecule has 4 fully saturated rings. The van der Waals surface area contributed by atoms with Gasteiger partial charge in [0.05, 0.1) is 49.1 Å². The van der Waals surface area contributed by atoms with Crippen molar-refractivity contribution in [1.82, 2.24) is 15.1 Å². The number of halogens is 3. The van der Waals surface area contributed by atoms with Gasteiger partial charge in [0.25, 0.3) is 0 Å². The summed E-state index contributed by atoms with van der Waals surface area (Å²) >= 11 is 0. The van der Waals surface area contributed by atoms with Gasteiger partial charge in [0.2, 0.25) is 0 Å². The fourth-order valence-corrected chi connectivity index (χ4v) is 13.6. The number of hydrogen-bond acceptors (Lipinski definition) is 5. The molecule has 1 aromatic carbocycles. The molecule has 4 aliphatic carbocycles. The van der Waals surface area contributed by atoms with Crippen LogP contribution in [0.15, 0.2) is 48.2 Å². The van der Waals surface area contributed by atoms with E-state index in [2.05, 4.69) is 80.6 Å². The fourth-order valence-electron chi connectivity index (χ4n) is 13.6. The molecule has 10 heteroatoms. The number of carboxylic acid groups (broad SMARTS) is 1. The smallest absolute Gasteiger partial charge is 0.416 e. The first-order valence-corrected chi connectivity index (χ1v) is 21.6. The van der Waals surface area contributed by atoms with Crippen LogP contribution in [0.25, 0.3) is 11.3 Å². The number of carbonyl (C=O) groups is 1. The monoisotopic (exact) mass is 796 g/mol. The lowest BCUT2D eigenvalue weighted by Crippen LogP contribution is -2.69. The van der Waals surface area contributed by atoms with Crippen LogP contribution in [0, 0.1) is 62.6 Å². The molecule has 12 atom stereocenters. The number of nitrogens with one attached hydrogen (secondary N) is 1. The highest BCUT2D eigenvalue weighted by Gasteiger charge is 2.72. The Bertz CT molecular complexity index is 1860. The minimum absolute atomic E-state index is 0.206. The topological polar surface area (TPSA) is 85.6 Å². The van der Waals surface area contributed by atoms with E-state index in [0.29, 0.717) is 50.1 Å². The van der Waals surface area contributed by atoms with Crippen LogP contribution >= 0.6 is 0 Å². The zero-order valence-corrected chi connectivity index (χ0v) is 36.2. The molecule has 0 spiro atoms. The van der Waals surface area contributed by atoms with Gasteiger partial charge in [-0.3, -0.25) is 9.48 Å². The Hall–Kier alpha value is -2.69. The Labute approximate surface area is 338 Å². The maximum absolute atomic E-state index is 13.7. The van der Waals surface area contributed by atoms with E-state index in [4.69, 9.17) is 14.6 Å². The third-order valence-electron chi connectivity index (χ3n) is 18.0. The molecular formula is C47H68F3N3O4. The standard InChI is InChI=1S/C47H68F3N3O4/c1-28(2)30(5)41(6)21-22-43(8)33-16-17-37-42(7)25-56-27-46(37,34(33)18-20-44(43,9)38(41)40(54)55)24-36(39(42)57-26-45(10,51-11)29(3)4)53-35(19-23-52-53)31-12-14-32(15-13-31)47(48,49)50/h12-15,18-19,23,28-30,33,36-39,51H,16-17,20-22,24-27H2,1-11H3,(H,54,55)/t30-,33+,36-,37+,38?,39+,41-,42-,43-,44?,45+,46+/m1/s1. The summed E-state index contributed by atoms with van der Waals surface area (Å²) in [4.78, 5) is 13.6. The van der Waals surface area contributed by atoms with Crippen LogP contribution in [0.3, 0.4) is 0 Å². The molecule has 7 rings (SSSR count). The normalized spacial score (nSPS) is 39.4. The summed E-state index contributed by atoms with van der Waals surface area (Å²) in [6, 6.07) is 7.08. The summed E-state index contributed by atoms with van der Waals surface area (Å²) in [5.41, 5.74) is 0.188. The maximum Gasteiger partial charge on any atom is 0.416 e. The number of alkyl halides is 3. The highest BCUT2D eigenvalue weighted by atomic mass is 19.4. The predicted molar refractivity (Wildman–Crippen MR) is 217 cm³/mol. The number of benzene rings is 1. The molecule has 2 N–H and O–H groups in total. The number of allylic oxidation sites excluding steroid dienone is 1. The number of fused-ring (bicyclic) bond motifs is 3. The Morgan fingerprint density at radius 1 is 1.02 bits per heavy atom. The Morgan fingerprint density at radius 3 is 2.30 bits per heavy atom. The lowest BCUT2D eigenvalue weighted by atomic mass is 9.34. The van der Waals surface area contributed by atoms with Gasteiger partial charge in [0, 0.05) is 22.6 Å². The second-order valence-corrected chi connectivity index (χ2v) is 20.9. The van der Waals surface area contributed by atoms with Gasteiger partial charge in [-0.2, -0.15) is 18.3 Å². The third-order valence-corrected chi connectivity index (χ3v) is 18.0. The van der Waals surface area contributed by atoms with E-state index in [0.717, 1.165) is 43.5 Å². The van der Waals surface area contributed by atoms with Crippen molar-refractivity contribution in [2.75, 3.05) is 26.9 Å². The average molecular weight is 796 g/mol. The molecule has 1 aliphatic heterocycles. The number of ether oxygens (including phenoxy) is 2. The predicted octanol–water partition coefficient (Wildman–Crippen LogP) is 10.7. The van der Waals surface area contributed by atoms with Gasteiger partial charge in [0.15, 0.2) is 0 Å². The van der Waals surface area contributed by atoms with Crippen molar-refractivity contribution in [3.8, 4) is 11.3 Å². The Balaban J connectivity index is 1.35. The van der Waals surface area contributed by atoms with Crippen molar-refractivity contribution in [2.24, 2.45) is 62.6 Å². The number of rotatable bonds is 10. The zero-order chi connectivity index (χ0) is 41.7. The number of nitrogens with zero attached hydrogens (tertiary/aromatic N) is 2. The second kappa shape index (κ2) is 14.2. The zero-order valence-electron chi connectivity index (χ0n) is 36.2. The first-order chi connectivity index (χ1) is 26.5. The minimum Gasteiger partial charge on any atom is -0.481 e. The summed E-state index contributed by atoms with van der Waals surface area (Å²) in [5, 5.41) is 19.7. The van der Waals surface area contributed by atoms with E-state index in [1.54, 1.807) is 18.3 Å². The van der Waals surface area contributed by atoms with Crippen LogP contribution in [0.2, 0.25) is 0 Å². The van der Waals surface area contributed by atoms with Gasteiger partial charge in [-0.15, -0.1) is 0 Å². The van der Waals surface area contributed by atoms with Crippen molar-refractivity contribution in [3.05, 3.63) is 53.7 Å². The Morgan fingerprint density at radius 2 is 1.70 bits per heavy atom. The molecule has 5 aliphatic rings. The minimum atomic E-state index is -4.43. The van der Waals surface area contributed by atoms with E-state index in [1.165, 1.54) is 5.57 Å². The van der Waals surface area contributed by atoms with E-state index in [-0.39, 0.29) is 51.7 Å². The number of hydrogen-bond donors (Lipinski definition) is 2. The molecule has 7 nitrogen and oxygen atoms in total. The number of aliphatic carboxylic acids is 1. The quantitative estimate of drug-likeness (QED) is 0.233. The van der Waals surface area contributed by atoms with Crippen LogP contribution in [0.1, 0.15) is 119 Å². The van der Waals surface area contributed by atoms with Gasteiger partial charge < -0.3 is 19.9 Å². The van der Waals surface area contributed by atoms with Crippen molar-refractivity contribution < 1.29 is 32.5 Å². The SMILES string of the molecule is CN[C@@](C)(CO[C@H]1[C@H](n2nccc2-c2ccc(C(F)(F)F)cc2)C[C@@]23COC[C@]1(C)[C@@H]2CC[C@H]1C3=CCC2(C)C(C(=O)O)[C@@](C)([C@H](C)C(C)C)CC[C@]12C)C(C)C. The largest absolute Gasteiger partial charge is 0.481 e. The summed E-state index contributed by atoms with van der Waals surface area (Å²) in [7, 11) is 1.98. The van der Waals surface area contributed by atoms with Crippen molar-refractivity contribution >= 4 is 5.97 Å². The van der Waals surface area contributed by atoms with Gasteiger partial charge >= 0.3 is 12.1 Å². The van der Waals surface area contributed by atoms with E-state index >= 15 is 0 Å². The van der Waals surface area contributed by atoms with Crippen LogP contribution in [-0.2, 0) is 20.4 Å². The molecule has 316 valence electrons. The summed E-state index contributed by atoms with van der Waals surface area (Å²) < 4.78 is 57.0. The van der Waals surface area contributed by atoms with Gasteiger partial charge in [-0.05, 0) is 122 Å². The molecule has 2 aromatic rings. The molecule has 2 unspecified atom stereocenters. The molecule has 3 saturated carbocycles. The summed E-state index contributed by atoms with van der Waals surface area (Å²) in [5.74, 6) is 0.260. The number of likely N-dealkylation sites (N-methyl/N-ethyl adjacent to an activating group) is 1. The first-order valence-electron chi connectivity index (χ1n) is 21.6. The molecule has 2 bridgehead atoms. The van der Waals surface area contributed by atoms with Gasteiger partial charge in [-0.25, -0.2) is 0 Å². The fraction of sp³-hybridized carbons (Fsp3) is 0.745. The number of aromatic nitrogens is 2. The lowest BCUT2D eigenvalue weighted by Gasteiger charge is -2.71. The molecule has 1 aromatic heterocycles. The molecule has 1 saturated heterocycles. The van der Waals surface area contributed by atoms with Gasteiger partial charge in [0.1, 0.15) is 0 Å². The van der Waals surface area contributed by atoms with Crippen LogP contribution in [-0.4, -0.2) is 59.4 Å². The molecular weight excluding hydrogens is 728 g/mol. The molecule has 57 heavy (non-hydrogen) atoms. The van der Waals surface area contributed by atoms with Crippen LogP contribution in [0.4, 0.5) is 13.2 Å². The highest BCUT2D eigenvalue weighted by molar-refractivity contribution is 5.73. The molecule has 0 radical (unpaired) electrons. The van der Waals surface area contributed by atoms with Crippen LogP contribution in [0.5, 0.6) is 0 Å². The van der Waals surface area contributed by atoms with Crippen molar-refractivity contribution in [2.45, 2.75) is 132 Å². The van der Waals surface area contributed by atoms with E-state index < -0.39 is 34.5 Å². The summed E-state index contributed by atoms with van der Waals surface area (Å²) in [6.07, 6.45) is 4.77.